The molecule has 0 radical (unpaired) electrons. The van der Waals surface area contributed by atoms with Gasteiger partial charge in [-0.1, -0.05) is 17.7 Å². The molecular formula is C13H19FN2. The highest BCUT2D eigenvalue weighted by Gasteiger charge is 2.11. The molecule has 1 saturated heterocycles. The summed E-state index contributed by atoms with van der Waals surface area (Å²) in [5.41, 5.74) is 1.95. The van der Waals surface area contributed by atoms with Gasteiger partial charge in [0.2, 0.25) is 0 Å². The Morgan fingerprint density at radius 3 is 3.06 bits per heavy atom. The smallest absolute Gasteiger partial charge is 0.127 e. The monoisotopic (exact) mass is 222 g/mol. The van der Waals surface area contributed by atoms with Gasteiger partial charge in [0.25, 0.3) is 0 Å². The molecule has 1 aromatic rings. The highest BCUT2D eigenvalue weighted by atomic mass is 19.1. The number of halogens is 1. The second-order valence-corrected chi connectivity index (χ2v) is 4.47. The average Bonchev–Trinajstić information content (AvgIpc) is 2.52. The maximum atomic E-state index is 13.6. The topological polar surface area (TPSA) is 15.3 Å². The van der Waals surface area contributed by atoms with Gasteiger partial charge in [-0.2, -0.15) is 0 Å². The lowest BCUT2D eigenvalue weighted by Crippen LogP contribution is -2.28. The number of nitrogens with zero attached hydrogens (tertiary/aromatic N) is 1. The molecule has 0 aromatic heterocycles. The number of rotatable bonds is 2. The van der Waals surface area contributed by atoms with Crippen molar-refractivity contribution in [1.29, 1.82) is 0 Å². The molecule has 1 fully saturated rings. The third kappa shape index (κ3) is 3.03. The van der Waals surface area contributed by atoms with Crippen LogP contribution in [-0.2, 0) is 6.54 Å². The lowest BCUT2D eigenvalue weighted by Gasteiger charge is -2.19. The van der Waals surface area contributed by atoms with Crippen molar-refractivity contribution in [3.8, 4) is 0 Å². The van der Waals surface area contributed by atoms with E-state index >= 15 is 0 Å². The molecule has 1 heterocycles. The summed E-state index contributed by atoms with van der Waals surface area (Å²) < 4.78 is 13.6. The molecule has 0 saturated carbocycles. The number of benzene rings is 1. The first kappa shape index (κ1) is 11.6. The zero-order valence-electron chi connectivity index (χ0n) is 9.80. The summed E-state index contributed by atoms with van der Waals surface area (Å²) in [6.07, 6.45) is 1.15. The molecule has 2 rings (SSSR count). The Morgan fingerprint density at radius 1 is 1.31 bits per heavy atom. The van der Waals surface area contributed by atoms with Crippen LogP contribution in [0.2, 0.25) is 0 Å². The Hall–Kier alpha value is -0.930. The molecule has 0 aliphatic carbocycles. The van der Waals surface area contributed by atoms with Gasteiger partial charge in [0.1, 0.15) is 5.82 Å². The molecular weight excluding hydrogens is 203 g/mol. The molecule has 0 amide bonds. The maximum absolute atomic E-state index is 13.6. The van der Waals surface area contributed by atoms with Gasteiger partial charge < -0.3 is 5.32 Å². The fraction of sp³-hybridized carbons (Fsp3) is 0.538. The van der Waals surface area contributed by atoms with E-state index in [1.165, 1.54) is 0 Å². The van der Waals surface area contributed by atoms with E-state index in [-0.39, 0.29) is 5.82 Å². The minimum absolute atomic E-state index is 0.0807. The predicted molar refractivity (Wildman–Crippen MR) is 63.9 cm³/mol. The van der Waals surface area contributed by atoms with Gasteiger partial charge in [-0.3, -0.25) is 4.90 Å². The third-order valence-corrected chi connectivity index (χ3v) is 3.03. The third-order valence-electron chi connectivity index (χ3n) is 3.03. The summed E-state index contributed by atoms with van der Waals surface area (Å²) in [6, 6.07) is 5.34. The van der Waals surface area contributed by atoms with Crippen molar-refractivity contribution in [1.82, 2.24) is 10.2 Å². The fourth-order valence-corrected chi connectivity index (χ4v) is 2.13. The van der Waals surface area contributed by atoms with Crippen molar-refractivity contribution >= 4 is 0 Å². The fourth-order valence-electron chi connectivity index (χ4n) is 2.13. The number of nitrogens with one attached hydrogen (secondary N) is 1. The highest BCUT2D eigenvalue weighted by Crippen LogP contribution is 2.13. The van der Waals surface area contributed by atoms with E-state index < -0.39 is 0 Å². The van der Waals surface area contributed by atoms with Crippen LogP contribution in [0.5, 0.6) is 0 Å². The second kappa shape index (κ2) is 5.41. The Morgan fingerprint density at radius 2 is 2.19 bits per heavy atom. The van der Waals surface area contributed by atoms with Crippen LogP contribution in [-0.4, -0.2) is 31.1 Å². The van der Waals surface area contributed by atoms with Crippen molar-refractivity contribution in [2.75, 3.05) is 26.2 Å². The molecule has 1 aliphatic rings. The molecule has 0 bridgehead atoms. The number of hydrogen-bond acceptors (Lipinski definition) is 2. The van der Waals surface area contributed by atoms with Gasteiger partial charge in [-0.05, 0) is 32.5 Å². The minimum atomic E-state index is -0.0807. The SMILES string of the molecule is Cc1ccc(F)c(CN2CCCNCC2)c1. The van der Waals surface area contributed by atoms with E-state index in [0.717, 1.165) is 50.3 Å². The van der Waals surface area contributed by atoms with Crippen LogP contribution in [0.25, 0.3) is 0 Å². The first-order valence-electron chi connectivity index (χ1n) is 5.94. The first-order chi connectivity index (χ1) is 7.75. The van der Waals surface area contributed by atoms with Crippen molar-refractivity contribution in [3.63, 3.8) is 0 Å². The molecule has 1 N–H and O–H groups in total. The van der Waals surface area contributed by atoms with E-state index in [1.54, 1.807) is 6.07 Å². The first-order valence-corrected chi connectivity index (χ1v) is 5.94. The van der Waals surface area contributed by atoms with E-state index in [2.05, 4.69) is 10.2 Å². The molecule has 1 aliphatic heterocycles. The molecule has 0 spiro atoms. The van der Waals surface area contributed by atoms with Gasteiger partial charge in [0.05, 0.1) is 0 Å². The van der Waals surface area contributed by atoms with Crippen LogP contribution < -0.4 is 5.32 Å². The van der Waals surface area contributed by atoms with Crippen LogP contribution in [0.1, 0.15) is 17.5 Å². The minimum Gasteiger partial charge on any atom is -0.315 e. The zero-order chi connectivity index (χ0) is 11.4. The van der Waals surface area contributed by atoms with Crippen LogP contribution in [0.4, 0.5) is 4.39 Å². The Labute approximate surface area is 96.5 Å². The molecule has 88 valence electrons. The van der Waals surface area contributed by atoms with Gasteiger partial charge in [0, 0.05) is 25.2 Å². The standard InChI is InChI=1S/C13H19FN2/c1-11-3-4-13(14)12(9-11)10-16-7-2-5-15-6-8-16/h3-4,9,15H,2,5-8,10H2,1H3. The zero-order valence-corrected chi connectivity index (χ0v) is 9.80. The Balaban J connectivity index is 2.04. The van der Waals surface area contributed by atoms with Gasteiger partial charge in [-0.15, -0.1) is 0 Å². The average molecular weight is 222 g/mol. The maximum Gasteiger partial charge on any atom is 0.127 e. The quantitative estimate of drug-likeness (QED) is 0.822. The number of hydrogen-bond donors (Lipinski definition) is 1. The van der Waals surface area contributed by atoms with Crippen molar-refractivity contribution in [2.24, 2.45) is 0 Å². The molecule has 3 heteroatoms. The summed E-state index contributed by atoms with van der Waals surface area (Å²) in [6.45, 7) is 6.89. The predicted octanol–water partition coefficient (Wildman–Crippen LogP) is 1.93. The summed E-state index contributed by atoms with van der Waals surface area (Å²) in [5.74, 6) is -0.0807. The summed E-state index contributed by atoms with van der Waals surface area (Å²) >= 11 is 0. The second-order valence-electron chi connectivity index (χ2n) is 4.47. The molecule has 0 unspecified atom stereocenters. The lowest BCUT2D eigenvalue weighted by atomic mass is 10.1. The summed E-state index contributed by atoms with van der Waals surface area (Å²) in [4.78, 5) is 2.32. The highest BCUT2D eigenvalue weighted by molar-refractivity contribution is 5.24. The summed E-state index contributed by atoms with van der Waals surface area (Å²) in [5, 5.41) is 3.35. The van der Waals surface area contributed by atoms with Gasteiger partial charge >= 0.3 is 0 Å². The molecule has 0 atom stereocenters. The molecule has 2 nitrogen and oxygen atoms in total. The Bertz CT molecular complexity index is 344. The van der Waals surface area contributed by atoms with Crippen LogP contribution in [0, 0.1) is 12.7 Å². The van der Waals surface area contributed by atoms with Crippen molar-refractivity contribution < 1.29 is 4.39 Å². The van der Waals surface area contributed by atoms with Crippen molar-refractivity contribution in [2.45, 2.75) is 19.9 Å². The Kier molecular flexibility index (Phi) is 3.91. The lowest BCUT2D eigenvalue weighted by molar-refractivity contribution is 0.280. The van der Waals surface area contributed by atoms with Crippen LogP contribution >= 0.6 is 0 Å². The van der Waals surface area contributed by atoms with Gasteiger partial charge in [-0.25, -0.2) is 4.39 Å². The van der Waals surface area contributed by atoms with Crippen LogP contribution in [0.15, 0.2) is 18.2 Å². The normalized spacial score (nSPS) is 18.4. The van der Waals surface area contributed by atoms with Crippen molar-refractivity contribution in [3.05, 3.63) is 35.1 Å². The van der Waals surface area contributed by atoms with Gasteiger partial charge in [0.15, 0.2) is 0 Å². The van der Waals surface area contributed by atoms with E-state index in [4.69, 9.17) is 0 Å². The molecule has 1 aromatic carbocycles. The van der Waals surface area contributed by atoms with Crippen LogP contribution in [0.3, 0.4) is 0 Å². The van der Waals surface area contributed by atoms with E-state index in [9.17, 15) is 4.39 Å². The van der Waals surface area contributed by atoms with E-state index in [0.29, 0.717) is 0 Å². The largest absolute Gasteiger partial charge is 0.315 e. The summed E-state index contributed by atoms with van der Waals surface area (Å²) in [7, 11) is 0. The van der Waals surface area contributed by atoms with E-state index in [1.807, 2.05) is 19.1 Å². The molecule has 16 heavy (non-hydrogen) atoms. The number of aryl methyl sites for hydroxylation is 1.